The first kappa shape index (κ1) is 28.6. The van der Waals surface area contributed by atoms with Gasteiger partial charge in [-0.3, -0.25) is 0 Å². The highest BCUT2D eigenvalue weighted by Crippen LogP contribution is 2.50. The summed E-state index contributed by atoms with van der Waals surface area (Å²) in [4.78, 5) is 0. The van der Waals surface area contributed by atoms with Crippen LogP contribution in [0.25, 0.3) is 115 Å². The Kier molecular flexibility index (Phi) is 5.77. The molecule has 0 saturated heterocycles. The standard InChI is InChI=1S/C50H29NO2/c1-3-19-38-36(17-1)46(30-25-27-31(28-26-30)51-42-21-9-5-13-32(42)33-14-6-10-22-43(33)51)37-18-2-4-20-39(37)47(38)48-49-40(34-15-7-11-23-44(34)52-49)29-41-35-16-8-12-24-45(35)53-50(41)48/h1-29H. The maximum Gasteiger partial charge on any atom is 0.147 e. The molecule has 0 fully saturated rings. The van der Waals surface area contributed by atoms with Gasteiger partial charge >= 0.3 is 0 Å². The van der Waals surface area contributed by atoms with Gasteiger partial charge in [-0.05, 0) is 75.1 Å². The van der Waals surface area contributed by atoms with Crippen LogP contribution >= 0.6 is 0 Å². The number of furan rings is 2. The maximum absolute atomic E-state index is 6.80. The van der Waals surface area contributed by atoms with Gasteiger partial charge in [0.05, 0.1) is 16.6 Å². The topological polar surface area (TPSA) is 31.2 Å². The molecule has 0 radical (unpaired) electrons. The highest BCUT2D eigenvalue weighted by Gasteiger charge is 2.25. The molecule has 3 nitrogen and oxygen atoms in total. The van der Waals surface area contributed by atoms with Crippen LogP contribution in [0.1, 0.15) is 0 Å². The van der Waals surface area contributed by atoms with Gasteiger partial charge in [0, 0.05) is 43.6 Å². The first-order valence-corrected chi connectivity index (χ1v) is 18.1. The zero-order chi connectivity index (χ0) is 34.6. The molecule has 3 heterocycles. The molecular formula is C50H29NO2. The number of hydrogen-bond donors (Lipinski definition) is 0. The van der Waals surface area contributed by atoms with E-state index >= 15 is 0 Å². The van der Waals surface area contributed by atoms with E-state index in [1.54, 1.807) is 0 Å². The summed E-state index contributed by atoms with van der Waals surface area (Å²) in [5, 5.41) is 11.6. The van der Waals surface area contributed by atoms with E-state index in [4.69, 9.17) is 8.83 Å². The van der Waals surface area contributed by atoms with Gasteiger partial charge in [-0.15, -0.1) is 0 Å². The van der Waals surface area contributed by atoms with Crippen molar-refractivity contribution in [3.05, 3.63) is 176 Å². The number of fused-ring (bicyclic) bond motifs is 11. The molecule has 3 heteroatoms. The Labute approximate surface area is 303 Å². The average Bonchev–Trinajstić information content (AvgIpc) is 3.89. The third-order valence-corrected chi connectivity index (χ3v) is 11.2. The zero-order valence-electron chi connectivity index (χ0n) is 28.5. The Bertz CT molecular complexity index is 3250. The summed E-state index contributed by atoms with van der Waals surface area (Å²) in [5.74, 6) is 0. The van der Waals surface area contributed by atoms with Gasteiger partial charge < -0.3 is 13.4 Å². The molecule has 0 saturated carbocycles. The van der Waals surface area contributed by atoms with Gasteiger partial charge in [0.25, 0.3) is 0 Å². The third-order valence-electron chi connectivity index (χ3n) is 11.2. The van der Waals surface area contributed by atoms with Gasteiger partial charge in [0.2, 0.25) is 0 Å². The molecule has 12 rings (SSSR count). The molecule has 3 aromatic heterocycles. The van der Waals surface area contributed by atoms with Crippen molar-refractivity contribution in [2.75, 3.05) is 0 Å². The van der Waals surface area contributed by atoms with Crippen LogP contribution in [0.3, 0.4) is 0 Å². The van der Waals surface area contributed by atoms with E-state index in [9.17, 15) is 0 Å². The van der Waals surface area contributed by atoms with Crippen LogP contribution in [0.2, 0.25) is 0 Å². The SMILES string of the molecule is c1ccc2c(c1)oc1c(-c3c4ccccc4c(-c4ccc(-n5c6ccccc6c6ccccc65)cc4)c4ccccc34)c3oc4ccccc4c3cc12. The normalized spacial score (nSPS) is 12.2. The Hall–Kier alpha value is -7.10. The Balaban J connectivity index is 1.16. The zero-order valence-corrected chi connectivity index (χ0v) is 28.5. The second-order valence-electron chi connectivity index (χ2n) is 14.0. The molecule has 0 aliphatic heterocycles. The minimum absolute atomic E-state index is 0.844. The molecule has 0 aliphatic carbocycles. The Morgan fingerprint density at radius 2 is 0.698 bits per heavy atom. The van der Waals surface area contributed by atoms with Crippen molar-refractivity contribution in [3.63, 3.8) is 0 Å². The number of benzene rings is 9. The van der Waals surface area contributed by atoms with Crippen molar-refractivity contribution in [3.8, 4) is 27.9 Å². The van der Waals surface area contributed by atoms with E-state index < -0.39 is 0 Å². The lowest BCUT2D eigenvalue weighted by atomic mass is 9.85. The number of hydrogen-bond acceptors (Lipinski definition) is 2. The fraction of sp³-hybridized carbons (Fsp3) is 0. The van der Waals surface area contributed by atoms with Gasteiger partial charge in [-0.1, -0.05) is 133 Å². The largest absolute Gasteiger partial charge is 0.455 e. The van der Waals surface area contributed by atoms with Crippen LogP contribution in [0.4, 0.5) is 0 Å². The predicted molar refractivity (Wildman–Crippen MR) is 221 cm³/mol. The molecular weight excluding hydrogens is 647 g/mol. The molecule has 0 amide bonds. The number of rotatable bonds is 3. The van der Waals surface area contributed by atoms with E-state index in [0.29, 0.717) is 0 Å². The number of nitrogens with zero attached hydrogens (tertiary/aromatic N) is 1. The fourth-order valence-corrected chi connectivity index (χ4v) is 8.95. The second kappa shape index (κ2) is 10.7. The molecule has 0 N–H and O–H groups in total. The van der Waals surface area contributed by atoms with E-state index in [0.717, 1.165) is 71.5 Å². The van der Waals surface area contributed by atoms with Gasteiger partial charge in [-0.25, -0.2) is 0 Å². The molecule has 53 heavy (non-hydrogen) atoms. The summed E-state index contributed by atoms with van der Waals surface area (Å²) >= 11 is 0. The van der Waals surface area contributed by atoms with Crippen LogP contribution < -0.4 is 0 Å². The van der Waals surface area contributed by atoms with Crippen LogP contribution in [0.15, 0.2) is 185 Å². The predicted octanol–water partition coefficient (Wildman–Crippen LogP) is 14.2. The summed E-state index contributed by atoms with van der Waals surface area (Å²) in [6.45, 7) is 0. The molecule has 0 atom stereocenters. The number of para-hydroxylation sites is 4. The minimum atomic E-state index is 0.844. The van der Waals surface area contributed by atoms with Gasteiger partial charge in [-0.2, -0.15) is 0 Å². The molecule has 12 aromatic rings. The first-order valence-electron chi connectivity index (χ1n) is 18.1. The molecule has 9 aromatic carbocycles. The molecule has 246 valence electrons. The van der Waals surface area contributed by atoms with Gasteiger partial charge in [0.15, 0.2) is 0 Å². The van der Waals surface area contributed by atoms with E-state index in [2.05, 4.69) is 168 Å². The average molecular weight is 676 g/mol. The Morgan fingerprint density at radius 1 is 0.302 bits per heavy atom. The van der Waals surface area contributed by atoms with Crippen LogP contribution in [0, 0.1) is 0 Å². The fourth-order valence-electron chi connectivity index (χ4n) is 8.95. The van der Waals surface area contributed by atoms with Crippen LogP contribution in [-0.2, 0) is 0 Å². The monoisotopic (exact) mass is 675 g/mol. The summed E-state index contributed by atoms with van der Waals surface area (Å²) in [7, 11) is 0. The lowest BCUT2D eigenvalue weighted by Gasteiger charge is -2.18. The maximum atomic E-state index is 6.80. The number of aromatic nitrogens is 1. The van der Waals surface area contributed by atoms with Crippen LogP contribution in [0.5, 0.6) is 0 Å². The van der Waals surface area contributed by atoms with E-state index in [1.807, 2.05) is 12.1 Å². The highest BCUT2D eigenvalue weighted by atomic mass is 16.3. The summed E-state index contributed by atoms with van der Waals surface area (Å²) < 4.78 is 16.0. The minimum Gasteiger partial charge on any atom is -0.455 e. The first-order chi connectivity index (χ1) is 26.3. The van der Waals surface area contributed by atoms with Crippen molar-refractivity contribution in [2.45, 2.75) is 0 Å². The van der Waals surface area contributed by atoms with E-state index in [1.165, 1.54) is 43.7 Å². The molecule has 0 aliphatic rings. The molecule has 0 unspecified atom stereocenters. The smallest absolute Gasteiger partial charge is 0.147 e. The molecule has 0 bridgehead atoms. The highest BCUT2D eigenvalue weighted by molar-refractivity contribution is 6.29. The van der Waals surface area contributed by atoms with Crippen molar-refractivity contribution in [1.29, 1.82) is 0 Å². The summed E-state index contributed by atoms with van der Waals surface area (Å²) in [6, 6.07) is 63.0. The van der Waals surface area contributed by atoms with Crippen molar-refractivity contribution >= 4 is 87.2 Å². The summed E-state index contributed by atoms with van der Waals surface area (Å²) in [5.41, 5.74) is 11.5. The lowest BCUT2D eigenvalue weighted by Crippen LogP contribution is -1.94. The molecule has 0 spiro atoms. The van der Waals surface area contributed by atoms with Crippen molar-refractivity contribution in [2.24, 2.45) is 0 Å². The van der Waals surface area contributed by atoms with Crippen molar-refractivity contribution < 1.29 is 8.83 Å². The quantitative estimate of drug-likeness (QED) is 0.175. The Morgan fingerprint density at radius 3 is 1.19 bits per heavy atom. The van der Waals surface area contributed by atoms with Crippen molar-refractivity contribution in [1.82, 2.24) is 4.57 Å². The van der Waals surface area contributed by atoms with Gasteiger partial charge in [0.1, 0.15) is 22.3 Å². The summed E-state index contributed by atoms with van der Waals surface area (Å²) in [6.07, 6.45) is 0. The van der Waals surface area contributed by atoms with E-state index in [-0.39, 0.29) is 0 Å². The second-order valence-corrected chi connectivity index (χ2v) is 14.0. The third kappa shape index (κ3) is 3.94. The van der Waals surface area contributed by atoms with Crippen LogP contribution in [-0.4, -0.2) is 4.57 Å². The lowest BCUT2D eigenvalue weighted by molar-refractivity contribution is 0.658.